The summed E-state index contributed by atoms with van der Waals surface area (Å²) in [6.07, 6.45) is 1.25. The largest absolute Gasteiger partial charge is 0.390 e. The van der Waals surface area contributed by atoms with Crippen molar-refractivity contribution < 1.29 is 14.8 Å². The number of aliphatic hydroxyl groups excluding tert-OH is 1. The zero-order chi connectivity index (χ0) is 18.3. The minimum absolute atomic E-state index is 0.101. The number of carbonyl (C=O) groups excluding carboxylic acids is 1. The number of nitrogens with one attached hydrogen (secondary N) is 1. The molecule has 2 aromatic carbocycles. The molecule has 1 aliphatic rings. The predicted octanol–water partition coefficient (Wildman–Crippen LogP) is 2.53. The van der Waals surface area contributed by atoms with E-state index in [0.717, 1.165) is 11.1 Å². The van der Waals surface area contributed by atoms with E-state index < -0.39 is 23.0 Å². The Morgan fingerprint density at radius 2 is 2.00 bits per heavy atom. The monoisotopic (exact) mass is 349 g/mol. The van der Waals surface area contributed by atoms with Gasteiger partial charge in [0.05, 0.1) is 33.5 Å². The second-order valence-corrected chi connectivity index (χ2v) is 6.21. The van der Waals surface area contributed by atoms with Crippen molar-refractivity contribution in [3.8, 4) is 0 Å². The molecule has 4 rings (SSSR count). The Morgan fingerprint density at radius 1 is 1.19 bits per heavy atom. The standard InChI is InChI=1S/C19H15N3O4/c23-16-10-11-4-1-2-5-12(11)18(16)21-19(24)14-7-8-15(22(25)26)13-6-3-9-20-17(13)14/h1-9,16,18,23H,10H2,(H,21,24)/t16-,18+/m1/s1. The van der Waals surface area contributed by atoms with Gasteiger partial charge in [0.1, 0.15) is 0 Å². The molecule has 1 aliphatic carbocycles. The van der Waals surface area contributed by atoms with Gasteiger partial charge in [0.25, 0.3) is 11.6 Å². The van der Waals surface area contributed by atoms with Gasteiger partial charge >= 0.3 is 0 Å². The van der Waals surface area contributed by atoms with Crippen LogP contribution < -0.4 is 5.32 Å². The lowest BCUT2D eigenvalue weighted by Gasteiger charge is -2.18. The van der Waals surface area contributed by atoms with E-state index in [2.05, 4.69) is 10.3 Å². The fourth-order valence-corrected chi connectivity index (χ4v) is 3.47. The number of aromatic nitrogens is 1. The zero-order valence-corrected chi connectivity index (χ0v) is 13.6. The molecular weight excluding hydrogens is 334 g/mol. The average Bonchev–Trinajstić information content (AvgIpc) is 2.96. The fourth-order valence-electron chi connectivity index (χ4n) is 3.47. The van der Waals surface area contributed by atoms with Gasteiger partial charge in [0.2, 0.25) is 0 Å². The first-order chi connectivity index (χ1) is 12.6. The highest BCUT2D eigenvalue weighted by Crippen LogP contribution is 2.32. The Morgan fingerprint density at radius 3 is 2.81 bits per heavy atom. The van der Waals surface area contributed by atoms with Gasteiger partial charge < -0.3 is 10.4 Å². The molecule has 1 aromatic heterocycles. The lowest BCUT2D eigenvalue weighted by molar-refractivity contribution is -0.383. The number of hydrogen-bond acceptors (Lipinski definition) is 5. The number of pyridine rings is 1. The molecule has 0 unspecified atom stereocenters. The fraction of sp³-hybridized carbons (Fsp3) is 0.158. The van der Waals surface area contributed by atoms with Crippen LogP contribution in [0.15, 0.2) is 54.7 Å². The van der Waals surface area contributed by atoms with Gasteiger partial charge in [0.15, 0.2) is 0 Å². The molecule has 1 heterocycles. The van der Waals surface area contributed by atoms with Gasteiger partial charge in [-0.15, -0.1) is 0 Å². The molecule has 0 saturated heterocycles. The number of benzene rings is 2. The van der Waals surface area contributed by atoms with Gasteiger partial charge in [-0.3, -0.25) is 19.9 Å². The summed E-state index contributed by atoms with van der Waals surface area (Å²) in [6, 6.07) is 12.9. The highest BCUT2D eigenvalue weighted by atomic mass is 16.6. The molecule has 7 heteroatoms. The van der Waals surface area contributed by atoms with Crippen molar-refractivity contribution in [2.75, 3.05) is 0 Å². The van der Waals surface area contributed by atoms with Crippen molar-refractivity contribution >= 4 is 22.5 Å². The van der Waals surface area contributed by atoms with Crippen molar-refractivity contribution in [2.45, 2.75) is 18.6 Å². The number of non-ortho nitro benzene ring substituents is 1. The first-order valence-electron chi connectivity index (χ1n) is 8.15. The summed E-state index contributed by atoms with van der Waals surface area (Å²) in [4.78, 5) is 27.7. The second kappa shape index (κ2) is 6.20. The van der Waals surface area contributed by atoms with E-state index in [4.69, 9.17) is 0 Å². The quantitative estimate of drug-likeness (QED) is 0.558. The topological polar surface area (TPSA) is 105 Å². The van der Waals surface area contributed by atoms with Crippen LogP contribution in [0, 0.1) is 10.1 Å². The Hall–Kier alpha value is -3.32. The summed E-state index contributed by atoms with van der Waals surface area (Å²) in [5.74, 6) is -0.427. The third-order valence-corrected chi connectivity index (χ3v) is 4.68. The van der Waals surface area contributed by atoms with Crippen molar-refractivity contribution in [3.05, 3.63) is 81.5 Å². The molecule has 130 valence electrons. The summed E-state index contributed by atoms with van der Waals surface area (Å²) < 4.78 is 0. The summed E-state index contributed by atoms with van der Waals surface area (Å²) in [7, 11) is 0. The van der Waals surface area contributed by atoms with Crippen LogP contribution in [0.3, 0.4) is 0 Å². The number of carbonyl (C=O) groups is 1. The summed E-state index contributed by atoms with van der Waals surface area (Å²) >= 11 is 0. The number of rotatable bonds is 3. The number of fused-ring (bicyclic) bond motifs is 2. The Labute approximate surface area is 148 Å². The van der Waals surface area contributed by atoms with Gasteiger partial charge in [-0.25, -0.2) is 0 Å². The Bertz CT molecular complexity index is 1030. The number of nitro benzene ring substituents is 1. The SMILES string of the molecule is O=C(N[C@H]1c2ccccc2C[C@H]1O)c1ccc([N+](=O)[O-])c2cccnc12. The molecule has 2 atom stereocenters. The molecule has 3 aromatic rings. The summed E-state index contributed by atoms with van der Waals surface area (Å²) in [6.45, 7) is 0. The maximum absolute atomic E-state index is 12.8. The minimum atomic E-state index is -0.714. The first-order valence-corrected chi connectivity index (χ1v) is 8.15. The molecule has 1 amide bonds. The lowest BCUT2D eigenvalue weighted by Crippen LogP contribution is -2.34. The zero-order valence-electron chi connectivity index (χ0n) is 13.6. The van der Waals surface area contributed by atoms with Crippen LogP contribution in [-0.2, 0) is 6.42 Å². The number of nitrogens with zero attached hydrogens (tertiary/aromatic N) is 2. The van der Waals surface area contributed by atoms with Crippen LogP contribution in [0.2, 0.25) is 0 Å². The van der Waals surface area contributed by atoms with Crippen molar-refractivity contribution in [2.24, 2.45) is 0 Å². The Balaban J connectivity index is 1.72. The van der Waals surface area contributed by atoms with Crippen LogP contribution in [0.4, 0.5) is 5.69 Å². The molecule has 7 nitrogen and oxygen atoms in total. The van der Waals surface area contributed by atoms with Gasteiger partial charge in [0, 0.05) is 18.7 Å². The number of aliphatic hydroxyl groups is 1. The van der Waals surface area contributed by atoms with E-state index in [-0.39, 0.29) is 16.8 Å². The van der Waals surface area contributed by atoms with Gasteiger partial charge in [-0.1, -0.05) is 24.3 Å². The number of amides is 1. The molecule has 0 fully saturated rings. The smallest absolute Gasteiger partial charge is 0.278 e. The third-order valence-electron chi connectivity index (χ3n) is 4.68. The van der Waals surface area contributed by atoms with E-state index in [1.807, 2.05) is 24.3 Å². The maximum Gasteiger partial charge on any atom is 0.278 e. The van der Waals surface area contributed by atoms with Gasteiger partial charge in [-0.2, -0.15) is 0 Å². The molecule has 0 radical (unpaired) electrons. The van der Waals surface area contributed by atoms with Crippen LogP contribution in [0.1, 0.15) is 27.5 Å². The average molecular weight is 349 g/mol. The van der Waals surface area contributed by atoms with Crippen LogP contribution in [0.25, 0.3) is 10.9 Å². The molecule has 0 spiro atoms. The molecule has 2 N–H and O–H groups in total. The van der Waals surface area contributed by atoms with Gasteiger partial charge in [-0.05, 0) is 29.3 Å². The van der Waals surface area contributed by atoms with Crippen LogP contribution in [0.5, 0.6) is 0 Å². The molecule has 0 bridgehead atoms. The van der Waals surface area contributed by atoms with E-state index in [1.54, 1.807) is 12.1 Å². The van der Waals surface area contributed by atoms with Crippen LogP contribution >= 0.6 is 0 Å². The van der Waals surface area contributed by atoms with Crippen LogP contribution in [-0.4, -0.2) is 27.0 Å². The highest BCUT2D eigenvalue weighted by Gasteiger charge is 2.32. The van der Waals surface area contributed by atoms with E-state index in [0.29, 0.717) is 11.8 Å². The van der Waals surface area contributed by atoms with E-state index in [1.165, 1.54) is 18.3 Å². The van der Waals surface area contributed by atoms with E-state index >= 15 is 0 Å². The summed E-state index contributed by atoms with van der Waals surface area (Å²) in [5.41, 5.74) is 2.28. The minimum Gasteiger partial charge on any atom is -0.390 e. The maximum atomic E-state index is 12.8. The number of nitro groups is 1. The van der Waals surface area contributed by atoms with Crippen molar-refractivity contribution in [1.29, 1.82) is 0 Å². The first kappa shape index (κ1) is 16.2. The third kappa shape index (κ3) is 2.58. The summed E-state index contributed by atoms with van der Waals surface area (Å²) in [5, 5.41) is 24.7. The molecular formula is C19H15N3O4. The Kier molecular flexibility index (Phi) is 3.85. The van der Waals surface area contributed by atoms with Crippen molar-refractivity contribution in [1.82, 2.24) is 10.3 Å². The van der Waals surface area contributed by atoms with E-state index in [9.17, 15) is 20.0 Å². The van der Waals surface area contributed by atoms with Crippen molar-refractivity contribution in [3.63, 3.8) is 0 Å². The molecule has 0 saturated carbocycles. The normalized spacial score (nSPS) is 18.5. The number of hydrogen-bond donors (Lipinski definition) is 2. The predicted molar refractivity (Wildman–Crippen MR) is 94.8 cm³/mol. The molecule has 0 aliphatic heterocycles. The highest BCUT2D eigenvalue weighted by molar-refractivity contribution is 6.07. The second-order valence-electron chi connectivity index (χ2n) is 6.21. The molecule has 26 heavy (non-hydrogen) atoms. The lowest BCUT2D eigenvalue weighted by atomic mass is 10.0.